The molecule has 3 aromatic carbocycles. The highest BCUT2D eigenvalue weighted by atomic mass is 16.6. The minimum absolute atomic E-state index is 0.0920. The lowest BCUT2D eigenvalue weighted by molar-refractivity contribution is -0.143. The van der Waals surface area contributed by atoms with Crippen molar-refractivity contribution in [3.8, 4) is 23.0 Å². The molecule has 3 aliphatic rings. The summed E-state index contributed by atoms with van der Waals surface area (Å²) in [6, 6.07) is 15.1. The molecule has 7 rings (SSSR count). The molecule has 4 aromatic rings. The van der Waals surface area contributed by atoms with Gasteiger partial charge in [0.25, 0.3) is 11.5 Å². The Morgan fingerprint density at radius 1 is 0.732 bits per heavy atom. The van der Waals surface area contributed by atoms with Crippen molar-refractivity contribution in [3.05, 3.63) is 116 Å². The van der Waals surface area contributed by atoms with E-state index in [9.17, 15) is 43.5 Å². The monoisotopic (exact) mass is 979 g/mol. The second kappa shape index (κ2) is 21.5. The molecule has 0 aliphatic carbocycles. The Kier molecular flexibility index (Phi) is 15.6. The second-order valence-corrected chi connectivity index (χ2v) is 20.0. The van der Waals surface area contributed by atoms with Gasteiger partial charge in [0.05, 0.1) is 29.0 Å². The molecule has 3 atom stereocenters. The molecule has 0 unspecified atom stereocenters. The van der Waals surface area contributed by atoms with Gasteiger partial charge in [0, 0.05) is 79.0 Å². The quantitative estimate of drug-likeness (QED) is 0.0473. The van der Waals surface area contributed by atoms with E-state index in [0.717, 1.165) is 0 Å². The molecule has 4 heterocycles. The molecular formula is C52H61N5O14. The number of benzene rings is 3. The molecule has 3 aliphatic heterocycles. The number of hydrogen-bond donors (Lipinski definition) is 5. The zero-order chi connectivity index (χ0) is 51.3. The Hall–Kier alpha value is -7.12. The fourth-order valence-corrected chi connectivity index (χ4v) is 8.43. The first-order chi connectivity index (χ1) is 33.7. The Morgan fingerprint density at radius 2 is 1.31 bits per heavy atom. The fraction of sp³-hybridized carbons (Fsp3) is 0.462. The van der Waals surface area contributed by atoms with Gasteiger partial charge >= 0.3 is 23.6 Å². The SMILES string of the molecule is CC(C)(C)C(=O)Oc1ccc2c(c1)Oc1cc(OC(=O)C(C)(C)C)ccc1C21OC(=O)c2cc(C(=O)NCCCCCC(=O)NCCCCCC(=O)N[C@H]3C[C@H](n4ccc(=O)[nH]c4=O)O[C@@H]3CO)ccc21. The average Bonchev–Trinajstić information content (AvgIpc) is 3.84. The van der Waals surface area contributed by atoms with Crippen molar-refractivity contribution >= 4 is 35.6 Å². The van der Waals surface area contributed by atoms with Crippen LogP contribution < -0.4 is 41.4 Å². The molecule has 0 saturated carbocycles. The summed E-state index contributed by atoms with van der Waals surface area (Å²) < 4.78 is 31.0. The number of unbranched alkanes of at least 4 members (excludes halogenated alkanes) is 4. The number of carbonyl (C=O) groups excluding carboxylic acids is 6. The molecule has 3 amide bonds. The van der Waals surface area contributed by atoms with Crippen LogP contribution in [-0.2, 0) is 34.3 Å². The number of nitrogens with one attached hydrogen (secondary N) is 4. The Morgan fingerprint density at radius 3 is 1.89 bits per heavy atom. The number of amides is 3. The third kappa shape index (κ3) is 11.9. The summed E-state index contributed by atoms with van der Waals surface area (Å²) in [7, 11) is 0. The molecule has 378 valence electrons. The number of nitrogens with zero attached hydrogens (tertiary/aromatic N) is 1. The summed E-state index contributed by atoms with van der Waals surface area (Å²) in [6.07, 6.45) is 4.54. The molecule has 0 radical (unpaired) electrons. The number of esters is 3. The smallest absolute Gasteiger partial charge is 0.340 e. The van der Waals surface area contributed by atoms with Gasteiger partial charge in [-0.05, 0) is 104 Å². The maximum atomic E-state index is 13.8. The van der Waals surface area contributed by atoms with Crippen molar-refractivity contribution in [2.24, 2.45) is 10.8 Å². The van der Waals surface area contributed by atoms with Crippen molar-refractivity contribution in [1.29, 1.82) is 0 Å². The normalized spacial score (nSPS) is 17.5. The maximum absolute atomic E-state index is 13.8. The fourth-order valence-electron chi connectivity index (χ4n) is 8.43. The van der Waals surface area contributed by atoms with Gasteiger partial charge in [-0.3, -0.25) is 38.3 Å². The van der Waals surface area contributed by atoms with E-state index < -0.39 is 69.9 Å². The van der Waals surface area contributed by atoms with Gasteiger partial charge < -0.3 is 44.7 Å². The molecule has 19 heteroatoms. The Labute approximate surface area is 409 Å². The molecule has 1 fully saturated rings. The molecule has 1 spiro atoms. The van der Waals surface area contributed by atoms with Crippen LogP contribution >= 0.6 is 0 Å². The van der Waals surface area contributed by atoms with Crippen molar-refractivity contribution in [1.82, 2.24) is 25.5 Å². The lowest BCUT2D eigenvalue weighted by Crippen LogP contribution is -2.41. The number of ether oxygens (including phenoxy) is 5. The van der Waals surface area contributed by atoms with Gasteiger partial charge in [0.1, 0.15) is 35.3 Å². The van der Waals surface area contributed by atoms with Gasteiger partial charge in [-0.25, -0.2) is 9.59 Å². The van der Waals surface area contributed by atoms with Crippen LogP contribution in [0.5, 0.6) is 23.0 Å². The number of hydrogen-bond acceptors (Lipinski definition) is 14. The molecule has 71 heavy (non-hydrogen) atoms. The van der Waals surface area contributed by atoms with Crippen LogP contribution in [0.4, 0.5) is 0 Å². The van der Waals surface area contributed by atoms with Crippen molar-refractivity contribution in [3.63, 3.8) is 0 Å². The van der Waals surface area contributed by atoms with E-state index in [1.54, 1.807) is 77.9 Å². The third-order valence-corrected chi connectivity index (χ3v) is 12.4. The highest BCUT2D eigenvalue weighted by molar-refractivity contribution is 6.01. The van der Waals surface area contributed by atoms with E-state index in [2.05, 4.69) is 20.9 Å². The summed E-state index contributed by atoms with van der Waals surface area (Å²) in [4.78, 5) is 104. The number of aliphatic hydroxyl groups is 1. The van der Waals surface area contributed by atoms with Crippen LogP contribution in [0.1, 0.15) is 143 Å². The largest absolute Gasteiger partial charge is 0.456 e. The number of H-pyrrole nitrogens is 1. The van der Waals surface area contributed by atoms with Crippen molar-refractivity contribution in [2.45, 2.75) is 123 Å². The summed E-state index contributed by atoms with van der Waals surface area (Å²) in [6.45, 7) is 10.8. The van der Waals surface area contributed by atoms with E-state index in [1.807, 2.05) is 0 Å². The van der Waals surface area contributed by atoms with Crippen LogP contribution in [-0.4, -0.2) is 82.1 Å². The summed E-state index contributed by atoms with van der Waals surface area (Å²) in [5.74, 6) is -1.41. The van der Waals surface area contributed by atoms with Gasteiger partial charge in [-0.15, -0.1) is 0 Å². The summed E-state index contributed by atoms with van der Waals surface area (Å²) in [5, 5.41) is 18.4. The first-order valence-electron chi connectivity index (χ1n) is 23.9. The number of aliphatic hydroxyl groups excluding tert-OH is 1. The average molecular weight is 980 g/mol. The standard InChI is InChI=1S/C52H61N5O14/c1-50(2,3)47(64)67-31-16-19-35-38(26-31)69-39-27-32(68-48(65)51(4,5)6)17-20-36(39)52(35)34-18-15-30(25-33(34)46(63)71-52)45(62)54-23-12-7-9-13-41(59)53-22-11-8-10-14-42(60)55-37-28-44(70-40(37)29-58)57-24-21-43(61)56-49(57)66/h15-21,24-27,37,40,44,58H,7-14,22-23,28-29H2,1-6H3,(H,53,59)(H,54,62)(H,55,60)(H,56,61,66)/t37-,40+,44+/m0/s1. The van der Waals surface area contributed by atoms with Crippen LogP contribution in [0.3, 0.4) is 0 Å². The first-order valence-corrected chi connectivity index (χ1v) is 23.9. The third-order valence-electron chi connectivity index (χ3n) is 12.4. The highest BCUT2D eigenvalue weighted by Crippen LogP contribution is 2.57. The summed E-state index contributed by atoms with van der Waals surface area (Å²) in [5.41, 5.74) is -2.51. The number of aromatic nitrogens is 2. The zero-order valence-corrected chi connectivity index (χ0v) is 40.8. The number of aromatic amines is 1. The molecule has 5 N–H and O–H groups in total. The summed E-state index contributed by atoms with van der Waals surface area (Å²) >= 11 is 0. The van der Waals surface area contributed by atoms with Crippen LogP contribution in [0.15, 0.2) is 76.4 Å². The van der Waals surface area contributed by atoms with E-state index in [-0.39, 0.29) is 65.4 Å². The Bertz CT molecular complexity index is 2740. The lowest BCUT2D eigenvalue weighted by atomic mass is 9.77. The van der Waals surface area contributed by atoms with Crippen LogP contribution in [0.2, 0.25) is 0 Å². The van der Waals surface area contributed by atoms with Gasteiger partial charge in [0.2, 0.25) is 11.8 Å². The van der Waals surface area contributed by atoms with Crippen LogP contribution in [0.25, 0.3) is 0 Å². The first kappa shape index (κ1) is 51.7. The maximum Gasteiger partial charge on any atom is 0.340 e. The van der Waals surface area contributed by atoms with Gasteiger partial charge in [-0.1, -0.05) is 18.9 Å². The van der Waals surface area contributed by atoms with E-state index >= 15 is 0 Å². The topological polar surface area (TPSA) is 260 Å². The number of fused-ring (bicyclic) bond motifs is 6. The predicted octanol–water partition coefficient (Wildman–Crippen LogP) is 5.44. The molecule has 19 nitrogen and oxygen atoms in total. The van der Waals surface area contributed by atoms with Crippen molar-refractivity contribution in [2.75, 3.05) is 19.7 Å². The van der Waals surface area contributed by atoms with Gasteiger partial charge in [-0.2, -0.15) is 0 Å². The van der Waals surface area contributed by atoms with E-state index in [4.69, 9.17) is 23.7 Å². The minimum Gasteiger partial charge on any atom is -0.456 e. The molecule has 1 aromatic heterocycles. The molecule has 1 saturated heterocycles. The van der Waals surface area contributed by atoms with Crippen LogP contribution in [0, 0.1) is 10.8 Å². The Balaban J connectivity index is 0.867. The van der Waals surface area contributed by atoms with Crippen molar-refractivity contribution < 1.29 is 57.6 Å². The van der Waals surface area contributed by atoms with Gasteiger partial charge in [0.15, 0.2) is 5.60 Å². The minimum atomic E-state index is -1.53. The highest BCUT2D eigenvalue weighted by Gasteiger charge is 2.54. The second-order valence-electron chi connectivity index (χ2n) is 20.0. The molecular weight excluding hydrogens is 919 g/mol. The van der Waals surface area contributed by atoms with E-state index in [1.165, 1.54) is 35.0 Å². The zero-order valence-electron chi connectivity index (χ0n) is 40.8. The van der Waals surface area contributed by atoms with E-state index in [0.29, 0.717) is 74.7 Å². The predicted molar refractivity (Wildman–Crippen MR) is 256 cm³/mol. The molecule has 0 bridgehead atoms. The number of carbonyl (C=O) groups is 6. The lowest BCUT2D eigenvalue weighted by Gasteiger charge is -2.36. The number of rotatable bonds is 18.